The van der Waals surface area contributed by atoms with Crippen LogP contribution in [0.1, 0.15) is 168 Å². The van der Waals surface area contributed by atoms with Crippen molar-refractivity contribution in [1.82, 2.24) is 0 Å². The van der Waals surface area contributed by atoms with E-state index in [1.807, 2.05) is 0 Å². The maximum absolute atomic E-state index is 12.8. The molecule has 0 aromatic rings. The van der Waals surface area contributed by atoms with Crippen molar-refractivity contribution in [2.75, 3.05) is 26.4 Å². The zero-order chi connectivity index (χ0) is 39.3. The summed E-state index contributed by atoms with van der Waals surface area (Å²) in [6.45, 7) is 4.30. The van der Waals surface area contributed by atoms with Crippen LogP contribution in [0.4, 0.5) is 0 Å². The predicted molar refractivity (Wildman–Crippen MR) is 219 cm³/mol. The molecule has 1 fully saturated rings. The van der Waals surface area contributed by atoms with Gasteiger partial charge in [0.15, 0.2) is 6.29 Å². The van der Waals surface area contributed by atoms with Gasteiger partial charge in [-0.1, -0.05) is 165 Å². The molecule has 6 atom stereocenters. The molecule has 0 aliphatic carbocycles. The number of hydrogen-bond donors (Lipinski definition) is 4. The normalized spacial score (nSPS) is 21.3. The first kappa shape index (κ1) is 50.2. The average molecular weight is 765 g/mol. The number of carbonyl (C=O) groups excluding carboxylic acids is 1. The Labute approximate surface area is 329 Å². The second-order valence-corrected chi connectivity index (χ2v) is 14.8. The SMILES string of the molecule is CC/C=C\C/C=C\C/C=C\C/C=C\CCCOCC(COC1OC(CO)C(O)C(O)C1O)OC(=O)CCCCCCCCCCCCCCCCCCC. The highest BCUT2D eigenvalue weighted by molar-refractivity contribution is 5.69. The fourth-order valence-electron chi connectivity index (χ4n) is 6.38. The van der Waals surface area contributed by atoms with E-state index in [-0.39, 0.29) is 19.2 Å². The number of esters is 1. The van der Waals surface area contributed by atoms with Crippen LogP contribution in [0.25, 0.3) is 0 Å². The van der Waals surface area contributed by atoms with E-state index in [4.69, 9.17) is 18.9 Å². The number of ether oxygens (including phenoxy) is 4. The summed E-state index contributed by atoms with van der Waals surface area (Å²) < 4.78 is 22.7. The van der Waals surface area contributed by atoms with Gasteiger partial charge in [0.1, 0.15) is 30.5 Å². The van der Waals surface area contributed by atoms with Gasteiger partial charge in [-0.05, 0) is 44.9 Å². The lowest BCUT2D eigenvalue weighted by Crippen LogP contribution is -2.59. The van der Waals surface area contributed by atoms with Gasteiger partial charge in [0, 0.05) is 13.0 Å². The fraction of sp³-hybridized carbons (Fsp3) is 0.800. The summed E-state index contributed by atoms with van der Waals surface area (Å²) in [7, 11) is 0. The molecule has 0 aromatic heterocycles. The number of unbranched alkanes of at least 4 members (excludes halogenated alkanes) is 17. The molecule has 0 amide bonds. The van der Waals surface area contributed by atoms with Gasteiger partial charge in [0.25, 0.3) is 0 Å². The molecule has 1 aliphatic heterocycles. The van der Waals surface area contributed by atoms with E-state index >= 15 is 0 Å². The van der Waals surface area contributed by atoms with Crippen molar-refractivity contribution in [2.24, 2.45) is 0 Å². The summed E-state index contributed by atoms with van der Waals surface area (Å²) >= 11 is 0. The second kappa shape index (κ2) is 36.8. The molecule has 1 saturated heterocycles. The van der Waals surface area contributed by atoms with Gasteiger partial charge in [-0.3, -0.25) is 4.79 Å². The third-order valence-corrected chi connectivity index (χ3v) is 9.76. The molecule has 1 heterocycles. The first-order valence-electron chi connectivity index (χ1n) is 21.7. The van der Waals surface area contributed by atoms with Crippen molar-refractivity contribution >= 4 is 5.97 Å². The Hall–Kier alpha value is -1.85. The molecular formula is C45H80O9. The van der Waals surface area contributed by atoms with Crippen LogP contribution in [-0.4, -0.2) is 89.6 Å². The van der Waals surface area contributed by atoms with E-state index in [1.165, 1.54) is 89.9 Å². The van der Waals surface area contributed by atoms with Crippen LogP contribution in [-0.2, 0) is 23.7 Å². The highest BCUT2D eigenvalue weighted by Crippen LogP contribution is 2.22. The highest BCUT2D eigenvalue weighted by Gasteiger charge is 2.44. The maximum Gasteiger partial charge on any atom is 0.306 e. The summed E-state index contributed by atoms with van der Waals surface area (Å²) in [4.78, 5) is 12.8. The van der Waals surface area contributed by atoms with Crippen molar-refractivity contribution < 1.29 is 44.2 Å². The number of aliphatic hydroxyl groups excluding tert-OH is 4. The minimum Gasteiger partial charge on any atom is -0.457 e. The maximum atomic E-state index is 12.8. The third kappa shape index (κ3) is 27.7. The van der Waals surface area contributed by atoms with Crippen LogP contribution in [0.2, 0.25) is 0 Å². The second-order valence-electron chi connectivity index (χ2n) is 14.8. The zero-order valence-electron chi connectivity index (χ0n) is 34.2. The van der Waals surface area contributed by atoms with E-state index in [9.17, 15) is 25.2 Å². The first-order valence-corrected chi connectivity index (χ1v) is 21.7. The highest BCUT2D eigenvalue weighted by atomic mass is 16.7. The van der Waals surface area contributed by atoms with Gasteiger partial charge in [0.05, 0.1) is 19.8 Å². The first-order chi connectivity index (χ1) is 26.4. The summed E-state index contributed by atoms with van der Waals surface area (Å²) in [5.74, 6) is -0.332. The number of aliphatic hydroxyl groups is 4. The third-order valence-electron chi connectivity index (χ3n) is 9.76. The monoisotopic (exact) mass is 765 g/mol. The predicted octanol–water partition coefficient (Wildman–Crippen LogP) is 9.36. The quantitative estimate of drug-likeness (QED) is 0.0280. The number of carbonyl (C=O) groups is 1. The number of allylic oxidation sites excluding steroid dienone is 8. The van der Waals surface area contributed by atoms with E-state index < -0.39 is 43.4 Å². The smallest absolute Gasteiger partial charge is 0.306 e. The molecule has 9 nitrogen and oxygen atoms in total. The Morgan fingerprint density at radius 2 is 1.11 bits per heavy atom. The molecule has 0 aromatic carbocycles. The Morgan fingerprint density at radius 1 is 0.611 bits per heavy atom. The van der Waals surface area contributed by atoms with Gasteiger partial charge in [-0.25, -0.2) is 0 Å². The van der Waals surface area contributed by atoms with E-state index in [0.29, 0.717) is 13.0 Å². The zero-order valence-corrected chi connectivity index (χ0v) is 34.2. The Morgan fingerprint density at radius 3 is 1.63 bits per heavy atom. The molecule has 0 spiro atoms. The molecule has 314 valence electrons. The van der Waals surface area contributed by atoms with E-state index in [1.54, 1.807) is 0 Å². The van der Waals surface area contributed by atoms with Crippen molar-refractivity contribution in [2.45, 2.75) is 205 Å². The molecule has 1 rings (SSSR count). The summed E-state index contributed by atoms with van der Waals surface area (Å²) in [5, 5.41) is 40.0. The van der Waals surface area contributed by atoms with Gasteiger partial charge >= 0.3 is 5.97 Å². The molecular weight excluding hydrogens is 684 g/mol. The van der Waals surface area contributed by atoms with E-state index in [2.05, 4.69) is 62.5 Å². The van der Waals surface area contributed by atoms with Crippen molar-refractivity contribution in [3.05, 3.63) is 48.6 Å². The molecule has 6 unspecified atom stereocenters. The molecule has 0 saturated carbocycles. The molecule has 0 bridgehead atoms. The van der Waals surface area contributed by atoms with Gasteiger partial charge in [-0.15, -0.1) is 0 Å². The van der Waals surface area contributed by atoms with Crippen LogP contribution < -0.4 is 0 Å². The Bertz CT molecular complexity index is 963. The van der Waals surface area contributed by atoms with Crippen molar-refractivity contribution in [3.8, 4) is 0 Å². The summed E-state index contributed by atoms with van der Waals surface area (Å²) in [5.41, 5.74) is 0. The van der Waals surface area contributed by atoms with Crippen molar-refractivity contribution in [1.29, 1.82) is 0 Å². The molecule has 9 heteroatoms. The van der Waals surface area contributed by atoms with Crippen molar-refractivity contribution in [3.63, 3.8) is 0 Å². The minimum atomic E-state index is -1.55. The lowest BCUT2D eigenvalue weighted by atomic mass is 9.99. The lowest BCUT2D eigenvalue weighted by Gasteiger charge is -2.39. The lowest BCUT2D eigenvalue weighted by molar-refractivity contribution is -0.305. The minimum absolute atomic E-state index is 0.108. The molecule has 1 aliphatic rings. The topological polar surface area (TPSA) is 135 Å². The standard InChI is InChI=1S/C45H80O9/c1-3-5-7-9-11-13-15-17-19-20-21-22-24-26-28-30-32-34-41(47)53-39(38-52-45-44(50)43(49)42(48)40(36-46)54-45)37-51-35-33-31-29-27-25-23-18-16-14-12-10-8-6-4-2/h6,8,12,14,18,23,27,29,39-40,42-46,48-50H,3-5,7,9-11,13,15-17,19-22,24-26,28,30-38H2,1-2H3/b8-6-,14-12-,23-18-,29-27-. The average Bonchev–Trinajstić information content (AvgIpc) is 3.17. The van der Waals surface area contributed by atoms with Crippen LogP contribution in [0.5, 0.6) is 0 Å². The summed E-state index contributed by atoms with van der Waals surface area (Å²) in [6.07, 6.45) is 37.2. The molecule has 0 radical (unpaired) electrons. The van der Waals surface area contributed by atoms with Crippen LogP contribution >= 0.6 is 0 Å². The van der Waals surface area contributed by atoms with Crippen LogP contribution in [0.15, 0.2) is 48.6 Å². The number of hydrogen-bond acceptors (Lipinski definition) is 9. The van der Waals surface area contributed by atoms with E-state index in [0.717, 1.165) is 57.8 Å². The summed E-state index contributed by atoms with van der Waals surface area (Å²) in [6, 6.07) is 0. The van der Waals surface area contributed by atoms with Gasteiger partial charge in [-0.2, -0.15) is 0 Å². The number of rotatable bonds is 36. The largest absolute Gasteiger partial charge is 0.457 e. The van der Waals surface area contributed by atoms with Crippen LogP contribution in [0, 0.1) is 0 Å². The van der Waals surface area contributed by atoms with Gasteiger partial charge in [0.2, 0.25) is 0 Å². The Kier molecular flexibility index (Phi) is 34.2. The van der Waals surface area contributed by atoms with Crippen LogP contribution in [0.3, 0.4) is 0 Å². The fourth-order valence-corrected chi connectivity index (χ4v) is 6.38. The Balaban J connectivity index is 2.31. The van der Waals surface area contributed by atoms with Gasteiger partial charge < -0.3 is 39.4 Å². The molecule has 4 N–H and O–H groups in total. The molecule has 54 heavy (non-hydrogen) atoms.